The molecule has 0 aromatic carbocycles. The summed E-state index contributed by atoms with van der Waals surface area (Å²) in [5.74, 6) is 0. The Morgan fingerprint density at radius 3 is 2.31 bits per heavy atom. The van der Waals surface area contributed by atoms with Gasteiger partial charge in [-0.25, -0.2) is 0 Å². The summed E-state index contributed by atoms with van der Waals surface area (Å²) in [6.45, 7) is 15.9. The second-order valence-corrected chi connectivity index (χ2v) is 3.97. The van der Waals surface area contributed by atoms with Gasteiger partial charge in [0.25, 0.3) is 0 Å². The summed E-state index contributed by atoms with van der Waals surface area (Å²) in [6.07, 6.45) is 5.91. The summed E-state index contributed by atoms with van der Waals surface area (Å²) in [4.78, 5) is 6.44. The van der Waals surface area contributed by atoms with Gasteiger partial charge in [0.05, 0.1) is 6.34 Å². The maximum Gasteiger partial charge on any atom is 0.0897 e. The molecule has 0 spiro atoms. The van der Waals surface area contributed by atoms with Crippen LogP contribution in [0.3, 0.4) is 0 Å². The van der Waals surface area contributed by atoms with Gasteiger partial charge in [0.1, 0.15) is 0 Å². The molecule has 0 aliphatic rings. The molecule has 0 rings (SSSR count). The predicted molar refractivity (Wildman–Crippen MR) is 73.7 cm³/mol. The first kappa shape index (κ1) is 14.7. The third-order valence-electron chi connectivity index (χ3n) is 2.33. The minimum atomic E-state index is 0.804. The molecule has 0 fully saturated rings. The molecule has 0 aliphatic heterocycles. The van der Waals surface area contributed by atoms with Crippen molar-refractivity contribution in [3.63, 3.8) is 0 Å². The summed E-state index contributed by atoms with van der Waals surface area (Å²) in [6, 6.07) is 0. The maximum absolute atomic E-state index is 4.30. The summed E-state index contributed by atoms with van der Waals surface area (Å²) in [5, 5.41) is 0. The van der Waals surface area contributed by atoms with Gasteiger partial charge in [0.15, 0.2) is 0 Å². The van der Waals surface area contributed by atoms with E-state index in [1.54, 1.807) is 0 Å². The fourth-order valence-corrected chi connectivity index (χ4v) is 1.34. The van der Waals surface area contributed by atoms with Crippen LogP contribution in [0.2, 0.25) is 0 Å². The molecular weight excluding hydrogens is 196 g/mol. The molecule has 0 heterocycles. The average Bonchev–Trinajstić information content (AvgIpc) is 2.25. The first-order chi connectivity index (χ1) is 7.56. The van der Waals surface area contributed by atoms with Gasteiger partial charge in [0.2, 0.25) is 0 Å². The molecule has 0 bridgehead atoms. The minimum absolute atomic E-state index is 0.804. The van der Waals surface area contributed by atoms with Crippen LogP contribution in [-0.2, 0) is 0 Å². The molecule has 0 aromatic rings. The van der Waals surface area contributed by atoms with Crippen molar-refractivity contribution in [3.05, 3.63) is 35.6 Å². The second-order valence-electron chi connectivity index (χ2n) is 3.97. The van der Waals surface area contributed by atoms with Crippen LogP contribution in [0, 0.1) is 0 Å². The van der Waals surface area contributed by atoms with Gasteiger partial charge in [-0.15, -0.1) is 0 Å². The van der Waals surface area contributed by atoms with Crippen molar-refractivity contribution in [2.75, 3.05) is 13.1 Å². The fourth-order valence-electron chi connectivity index (χ4n) is 1.34. The van der Waals surface area contributed by atoms with Gasteiger partial charge in [-0.2, -0.15) is 0 Å². The number of hydrogen-bond acceptors (Lipinski definition) is 1. The molecule has 0 radical (unpaired) electrons. The number of allylic oxidation sites excluding steroid dienone is 3. The molecule has 0 amide bonds. The lowest BCUT2D eigenvalue weighted by Crippen LogP contribution is -2.23. The van der Waals surface area contributed by atoms with E-state index in [0.717, 1.165) is 18.8 Å². The summed E-state index contributed by atoms with van der Waals surface area (Å²) >= 11 is 0. The highest BCUT2D eigenvalue weighted by atomic mass is 15.2. The molecule has 0 N–H and O–H groups in total. The van der Waals surface area contributed by atoms with Crippen molar-refractivity contribution < 1.29 is 0 Å². The van der Waals surface area contributed by atoms with Crippen LogP contribution in [0.25, 0.3) is 0 Å². The van der Waals surface area contributed by atoms with Gasteiger partial charge < -0.3 is 4.90 Å². The van der Waals surface area contributed by atoms with Crippen molar-refractivity contribution in [1.29, 1.82) is 0 Å². The van der Waals surface area contributed by atoms with E-state index in [0.29, 0.717) is 0 Å². The van der Waals surface area contributed by atoms with Crippen molar-refractivity contribution in [2.45, 2.75) is 34.6 Å². The van der Waals surface area contributed by atoms with Crippen molar-refractivity contribution in [3.8, 4) is 0 Å². The van der Waals surface area contributed by atoms with E-state index < -0.39 is 0 Å². The lowest BCUT2D eigenvalue weighted by atomic mass is 10.2. The number of rotatable bonds is 6. The van der Waals surface area contributed by atoms with E-state index in [2.05, 4.69) is 50.2 Å². The molecule has 16 heavy (non-hydrogen) atoms. The topological polar surface area (TPSA) is 15.6 Å². The van der Waals surface area contributed by atoms with Crippen LogP contribution in [0.1, 0.15) is 34.6 Å². The molecule has 0 saturated carbocycles. The molecule has 0 aromatic heterocycles. The SMILES string of the molecule is C=CC(=C(C)C)N(C=NCC)C/C(C)=C/C. The Bertz CT molecular complexity index is 305. The van der Waals surface area contributed by atoms with E-state index in [-0.39, 0.29) is 0 Å². The van der Waals surface area contributed by atoms with Gasteiger partial charge in [-0.05, 0) is 40.7 Å². The standard InChI is InChI=1S/C14H24N2/c1-7-13(6)10-16(11-15-9-3)14(8-2)12(4)5/h7-8,11H,2,9-10H2,1,3-6H3/b13-7+,15-11?. The largest absolute Gasteiger partial charge is 0.329 e. The number of aliphatic imine (C=N–C) groups is 1. The van der Waals surface area contributed by atoms with Gasteiger partial charge >= 0.3 is 0 Å². The normalized spacial score (nSPS) is 11.7. The van der Waals surface area contributed by atoms with Crippen LogP contribution >= 0.6 is 0 Å². The van der Waals surface area contributed by atoms with Gasteiger partial charge in [-0.1, -0.05) is 23.8 Å². The highest BCUT2D eigenvalue weighted by molar-refractivity contribution is 5.60. The average molecular weight is 220 g/mol. The van der Waals surface area contributed by atoms with Gasteiger partial charge in [0, 0.05) is 18.8 Å². The Labute approximate surface area is 100 Å². The van der Waals surface area contributed by atoms with Crippen LogP contribution in [0.5, 0.6) is 0 Å². The van der Waals surface area contributed by atoms with E-state index in [1.807, 2.05) is 19.3 Å². The Balaban J connectivity index is 5.00. The molecule has 90 valence electrons. The first-order valence-corrected chi connectivity index (χ1v) is 5.75. The zero-order valence-corrected chi connectivity index (χ0v) is 11.2. The lowest BCUT2D eigenvalue weighted by Gasteiger charge is -2.22. The van der Waals surface area contributed by atoms with E-state index in [4.69, 9.17) is 0 Å². The zero-order valence-electron chi connectivity index (χ0n) is 11.2. The van der Waals surface area contributed by atoms with E-state index in [1.165, 1.54) is 11.1 Å². The van der Waals surface area contributed by atoms with Crippen LogP contribution in [0.15, 0.2) is 40.6 Å². The number of hydrogen-bond donors (Lipinski definition) is 0. The summed E-state index contributed by atoms with van der Waals surface area (Å²) < 4.78 is 0. The smallest absolute Gasteiger partial charge is 0.0897 e. The van der Waals surface area contributed by atoms with Gasteiger partial charge in [-0.3, -0.25) is 4.99 Å². The second kappa shape index (κ2) is 7.91. The lowest BCUT2D eigenvalue weighted by molar-refractivity contribution is 0.578. The van der Waals surface area contributed by atoms with Crippen LogP contribution in [0.4, 0.5) is 0 Å². The van der Waals surface area contributed by atoms with E-state index >= 15 is 0 Å². The Hall–Kier alpha value is -1.31. The van der Waals surface area contributed by atoms with Crippen LogP contribution < -0.4 is 0 Å². The third-order valence-corrected chi connectivity index (χ3v) is 2.33. The molecular formula is C14H24N2. The molecule has 0 unspecified atom stereocenters. The molecule has 0 atom stereocenters. The highest BCUT2D eigenvalue weighted by Gasteiger charge is 2.05. The third kappa shape index (κ3) is 4.96. The Morgan fingerprint density at radius 2 is 1.94 bits per heavy atom. The highest BCUT2D eigenvalue weighted by Crippen LogP contribution is 2.11. The summed E-state index contributed by atoms with van der Waals surface area (Å²) in [7, 11) is 0. The maximum atomic E-state index is 4.30. The predicted octanol–water partition coefficient (Wildman–Crippen LogP) is 3.78. The Kier molecular flexibility index (Phi) is 7.27. The molecule has 2 heteroatoms. The van der Waals surface area contributed by atoms with Crippen molar-refractivity contribution in [2.24, 2.45) is 4.99 Å². The van der Waals surface area contributed by atoms with E-state index in [9.17, 15) is 0 Å². The fraction of sp³-hybridized carbons (Fsp3) is 0.500. The zero-order chi connectivity index (χ0) is 12.6. The molecule has 2 nitrogen and oxygen atoms in total. The van der Waals surface area contributed by atoms with Crippen molar-refractivity contribution >= 4 is 6.34 Å². The van der Waals surface area contributed by atoms with Crippen molar-refractivity contribution in [1.82, 2.24) is 4.90 Å². The minimum Gasteiger partial charge on any atom is -0.329 e. The molecule has 0 saturated heterocycles. The monoisotopic (exact) mass is 220 g/mol. The number of nitrogens with zero attached hydrogens (tertiary/aromatic N) is 2. The first-order valence-electron chi connectivity index (χ1n) is 5.75. The Morgan fingerprint density at radius 1 is 1.31 bits per heavy atom. The quantitative estimate of drug-likeness (QED) is 0.288. The summed E-state index contributed by atoms with van der Waals surface area (Å²) in [5.41, 5.74) is 3.71. The van der Waals surface area contributed by atoms with Crippen LogP contribution in [-0.4, -0.2) is 24.3 Å². The molecule has 0 aliphatic carbocycles.